The Morgan fingerprint density at radius 1 is 1.17 bits per heavy atom. The second-order valence-corrected chi connectivity index (χ2v) is 10.9. The third-order valence-corrected chi connectivity index (χ3v) is 8.06. The minimum Gasteiger partial charge on any atom is -0.481 e. The molecular weight excluding hydrogens is 436 g/mol. The maximum absolute atomic E-state index is 10.7. The van der Waals surface area contributed by atoms with Crippen LogP contribution in [0.5, 0.6) is 0 Å². The number of aliphatic carboxylic acids is 1. The molecule has 4 heteroatoms. The lowest BCUT2D eigenvalue weighted by Crippen LogP contribution is -2.17. The number of carbonyl (C=O) groups is 1. The van der Waals surface area contributed by atoms with Gasteiger partial charge in [-0.15, -0.1) is 0 Å². The Hall–Kier alpha value is -2.43. The summed E-state index contributed by atoms with van der Waals surface area (Å²) in [5.74, 6) is 0.764. The van der Waals surface area contributed by atoms with Crippen LogP contribution in [0.2, 0.25) is 0 Å². The molecule has 4 rings (SSSR count). The fourth-order valence-electron chi connectivity index (χ4n) is 6.10. The van der Waals surface area contributed by atoms with Crippen molar-refractivity contribution in [2.45, 2.75) is 83.3 Å². The first kappa shape index (κ1) is 25.7. The quantitative estimate of drug-likeness (QED) is 0.276. The molecule has 2 fully saturated rings. The molecule has 0 amide bonds. The molecule has 0 heterocycles. The summed E-state index contributed by atoms with van der Waals surface area (Å²) in [6, 6.07) is 13.1. The molecule has 0 radical (unpaired) electrons. The maximum atomic E-state index is 10.7. The van der Waals surface area contributed by atoms with Crippen LogP contribution in [0.4, 0.5) is 0 Å². The van der Waals surface area contributed by atoms with Crippen LogP contribution in [0.25, 0.3) is 11.1 Å². The number of hydrogen-bond donors (Lipinski definition) is 3. The van der Waals surface area contributed by atoms with Crippen molar-refractivity contribution < 1.29 is 20.1 Å². The van der Waals surface area contributed by atoms with Gasteiger partial charge >= 0.3 is 5.97 Å². The Labute approximate surface area is 209 Å². The lowest BCUT2D eigenvalue weighted by molar-refractivity contribution is -0.137. The zero-order valence-electron chi connectivity index (χ0n) is 21.1. The van der Waals surface area contributed by atoms with Gasteiger partial charge in [0.1, 0.15) is 0 Å². The van der Waals surface area contributed by atoms with Crippen molar-refractivity contribution in [1.29, 1.82) is 0 Å². The molecule has 0 bridgehead atoms. The van der Waals surface area contributed by atoms with E-state index in [2.05, 4.69) is 62.4 Å². The van der Waals surface area contributed by atoms with Crippen LogP contribution < -0.4 is 0 Å². The predicted octanol–water partition coefficient (Wildman–Crippen LogP) is 6.35. The van der Waals surface area contributed by atoms with Gasteiger partial charge in [0.15, 0.2) is 0 Å². The molecule has 4 aliphatic carbocycles. The van der Waals surface area contributed by atoms with E-state index in [0.29, 0.717) is 30.6 Å². The number of fused-ring (bicyclic) bond motifs is 2. The van der Waals surface area contributed by atoms with Gasteiger partial charge in [-0.1, -0.05) is 74.0 Å². The van der Waals surface area contributed by atoms with Gasteiger partial charge in [0.05, 0.1) is 12.2 Å². The van der Waals surface area contributed by atoms with E-state index >= 15 is 0 Å². The average molecular weight is 477 g/mol. The smallest absolute Gasteiger partial charge is 0.303 e. The van der Waals surface area contributed by atoms with E-state index in [9.17, 15) is 15.0 Å². The number of carboxylic acids is 1. The second-order valence-electron chi connectivity index (χ2n) is 10.9. The van der Waals surface area contributed by atoms with Gasteiger partial charge in [-0.3, -0.25) is 4.79 Å². The van der Waals surface area contributed by atoms with Gasteiger partial charge in [0, 0.05) is 12.3 Å². The minimum atomic E-state index is -0.737. The molecule has 2 saturated carbocycles. The van der Waals surface area contributed by atoms with Crippen molar-refractivity contribution in [2.24, 2.45) is 17.8 Å². The van der Waals surface area contributed by atoms with Crippen LogP contribution in [-0.4, -0.2) is 33.5 Å². The van der Waals surface area contributed by atoms with Gasteiger partial charge < -0.3 is 15.3 Å². The Morgan fingerprint density at radius 3 is 2.77 bits per heavy atom. The van der Waals surface area contributed by atoms with E-state index in [1.165, 1.54) is 27.8 Å². The number of allylic oxidation sites excluding steroid dienone is 2. The summed E-state index contributed by atoms with van der Waals surface area (Å²) in [6.45, 7) is 4.42. The van der Waals surface area contributed by atoms with Crippen LogP contribution in [-0.2, 0) is 11.2 Å². The Kier molecular flexibility index (Phi) is 8.46. The van der Waals surface area contributed by atoms with Crippen molar-refractivity contribution in [3.8, 4) is 11.1 Å². The summed E-state index contributed by atoms with van der Waals surface area (Å²) < 4.78 is 0. The van der Waals surface area contributed by atoms with Crippen molar-refractivity contribution in [1.82, 2.24) is 0 Å². The van der Waals surface area contributed by atoms with Gasteiger partial charge in [-0.25, -0.2) is 0 Å². The molecule has 35 heavy (non-hydrogen) atoms. The Morgan fingerprint density at radius 2 is 2.00 bits per heavy atom. The molecule has 0 aromatic carbocycles. The van der Waals surface area contributed by atoms with Gasteiger partial charge in [-0.05, 0) is 85.0 Å². The van der Waals surface area contributed by atoms with Crippen LogP contribution >= 0.6 is 0 Å². The topological polar surface area (TPSA) is 77.8 Å². The van der Waals surface area contributed by atoms with E-state index in [1.807, 2.05) is 6.08 Å². The summed E-state index contributed by atoms with van der Waals surface area (Å²) >= 11 is 0. The first-order valence-electron chi connectivity index (χ1n) is 13.3. The van der Waals surface area contributed by atoms with Gasteiger partial charge in [-0.2, -0.15) is 0 Å². The van der Waals surface area contributed by atoms with Crippen LogP contribution in [0.1, 0.15) is 75.8 Å². The SMILES string of the molecule is CC(C)c1cccc2c(CC[C@H](O)/C=C/[C@@H]3C4C/C(=C/CCCC(=O)O)CC4C[C@H]3O)ccc-2c1. The highest BCUT2D eigenvalue weighted by molar-refractivity contribution is 5.71. The normalized spacial score (nSPS) is 26.3. The van der Waals surface area contributed by atoms with Crippen LogP contribution in [0, 0.1) is 17.8 Å². The monoisotopic (exact) mass is 476 g/mol. The van der Waals surface area contributed by atoms with Crippen molar-refractivity contribution in [2.75, 3.05) is 0 Å². The average Bonchev–Trinajstić information content (AvgIpc) is 3.40. The van der Waals surface area contributed by atoms with E-state index in [0.717, 1.165) is 32.1 Å². The van der Waals surface area contributed by atoms with Crippen molar-refractivity contribution in [3.63, 3.8) is 0 Å². The lowest BCUT2D eigenvalue weighted by Gasteiger charge is -2.18. The predicted molar refractivity (Wildman–Crippen MR) is 141 cm³/mol. The van der Waals surface area contributed by atoms with Gasteiger partial charge in [0.25, 0.3) is 0 Å². The molecular formula is C31H40O4. The highest BCUT2D eigenvalue weighted by atomic mass is 16.4. The summed E-state index contributed by atoms with van der Waals surface area (Å²) in [7, 11) is 0. The summed E-state index contributed by atoms with van der Waals surface area (Å²) in [5, 5.41) is 30.1. The third kappa shape index (κ3) is 6.42. The molecule has 0 spiro atoms. The third-order valence-electron chi connectivity index (χ3n) is 8.06. The van der Waals surface area contributed by atoms with Crippen LogP contribution in [0.15, 0.2) is 60.2 Å². The van der Waals surface area contributed by atoms with E-state index < -0.39 is 12.1 Å². The zero-order valence-corrected chi connectivity index (χ0v) is 21.1. The lowest BCUT2D eigenvalue weighted by atomic mass is 9.90. The zero-order chi connectivity index (χ0) is 24.9. The van der Waals surface area contributed by atoms with Crippen LogP contribution in [0.3, 0.4) is 0 Å². The molecule has 0 aliphatic heterocycles. The fourth-order valence-corrected chi connectivity index (χ4v) is 6.10. The summed E-state index contributed by atoms with van der Waals surface area (Å²) in [5.41, 5.74) is 6.53. The van der Waals surface area contributed by atoms with E-state index in [1.54, 1.807) is 0 Å². The molecule has 188 valence electrons. The van der Waals surface area contributed by atoms with E-state index in [4.69, 9.17) is 5.11 Å². The van der Waals surface area contributed by atoms with Gasteiger partial charge in [0.2, 0.25) is 0 Å². The number of aliphatic hydroxyl groups is 2. The maximum Gasteiger partial charge on any atom is 0.303 e. The molecule has 0 saturated heterocycles. The summed E-state index contributed by atoms with van der Waals surface area (Å²) in [4.78, 5) is 10.7. The number of unbranched alkanes of at least 4 members (excludes halogenated alkanes) is 1. The fraction of sp³-hybridized carbons (Fsp3) is 0.516. The molecule has 2 unspecified atom stereocenters. The highest BCUT2D eigenvalue weighted by Gasteiger charge is 2.44. The molecule has 0 aromatic heterocycles. The number of aliphatic hydroxyl groups excluding tert-OH is 2. The number of carboxylic acid groups (broad SMARTS) is 1. The molecule has 3 N–H and O–H groups in total. The van der Waals surface area contributed by atoms with E-state index in [-0.39, 0.29) is 18.4 Å². The standard InChI is InChI=1S/C31H40O4/c1-20(2)23-7-5-8-27-22(10-11-24(27)18-23)12-13-26(32)14-15-28-29-17-21(6-3-4-9-31(34)35)16-25(29)19-30(28)33/h5-8,10-11,14-15,18,20,25-26,28-30,32-33H,3-4,9,12-13,16-17,19H2,1-2H3,(H,34,35)/b15-14+,21-6+/t25?,26-,28+,29?,30+/m0/s1. The Balaban J connectivity index is 1.31. The number of rotatable bonds is 10. The number of hydrogen-bond acceptors (Lipinski definition) is 3. The minimum absolute atomic E-state index is 0.0906. The first-order chi connectivity index (χ1) is 16.8. The molecule has 5 atom stereocenters. The largest absolute Gasteiger partial charge is 0.481 e. The number of aryl methyl sites for hydroxylation is 1. The molecule has 4 aliphatic rings. The Bertz CT molecular complexity index is 1040. The van der Waals surface area contributed by atoms with Crippen molar-refractivity contribution in [3.05, 3.63) is 71.3 Å². The second kappa shape index (κ2) is 11.5. The first-order valence-corrected chi connectivity index (χ1v) is 13.3. The highest BCUT2D eigenvalue weighted by Crippen LogP contribution is 2.50. The molecule has 0 aromatic rings. The summed E-state index contributed by atoms with van der Waals surface area (Å²) in [6.07, 6.45) is 11.3. The molecule has 4 nitrogen and oxygen atoms in total. The van der Waals surface area contributed by atoms with Crippen molar-refractivity contribution >= 4 is 5.97 Å².